The van der Waals surface area contributed by atoms with E-state index < -0.39 is 29.2 Å². The lowest BCUT2D eigenvalue weighted by Crippen LogP contribution is -2.51. The molecule has 0 spiro atoms. The summed E-state index contributed by atoms with van der Waals surface area (Å²) in [5.74, 6) is -6.50. The fourth-order valence-corrected chi connectivity index (χ4v) is 1.21. The van der Waals surface area contributed by atoms with Gasteiger partial charge in [0.2, 0.25) is 0 Å². The zero-order chi connectivity index (χ0) is 11.5. The highest BCUT2D eigenvalue weighted by Gasteiger charge is 2.57. The first-order chi connectivity index (χ1) is 6.31. The second-order valence-corrected chi connectivity index (χ2v) is 3.03. The van der Waals surface area contributed by atoms with Crippen LogP contribution < -0.4 is 0 Å². The van der Waals surface area contributed by atoms with Gasteiger partial charge >= 0.3 is 17.9 Å². The highest BCUT2D eigenvalue weighted by atomic mass is 16.4. The molecule has 0 bridgehead atoms. The molecule has 0 aromatic heterocycles. The Hall–Kier alpha value is -1.59. The molecule has 0 fully saturated rings. The Bertz CT molecular complexity index is 233. The van der Waals surface area contributed by atoms with Gasteiger partial charge in [-0.15, -0.1) is 0 Å². The molecule has 0 aliphatic carbocycles. The first-order valence-corrected chi connectivity index (χ1v) is 4.01. The molecule has 14 heavy (non-hydrogen) atoms. The minimum absolute atomic E-state index is 0.158. The second kappa shape index (κ2) is 4.08. The molecule has 0 amide bonds. The van der Waals surface area contributed by atoms with Gasteiger partial charge in [-0.3, -0.25) is 14.4 Å². The van der Waals surface area contributed by atoms with Crippen LogP contribution in [0.15, 0.2) is 0 Å². The summed E-state index contributed by atoms with van der Waals surface area (Å²) >= 11 is 0. The minimum atomic E-state index is -2.74. The maximum atomic E-state index is 10.7. The van der Waals surface area contributed by atoms with Gasteiger partial charge in [0.25, 0.3) is 5.41 Å². The highest BCUT2D eigenvalue weighted by Crippen LogP contribution is 2.31. The van der Waals surface area contributed by atoms with Gasteiger partial charge in [0.05, 0.1) is 0 Å². The van der Waals surface area contributed by atoms with Crippen molar-refractivity contribution in [1.29, 1.82) is 0 Å². The van der Waals surface area contributed by atoms with Crippen molar-refractivity contribution in [3.8, 4) is 0 Å². The molecule has 6 nitrogen and oxygen atoms in total. The molecular formula is C8H12O6. The van der Waals surface area contributed by atoms with E-state index in [4.69, 9.17) is 15.3 Å². The van der Waals surface area contributed by atoms with Crippen LogP contribution >= 0.6 is 0 Å². The Morgan fingerprint density at radius 3 is 1.43 bits per heavy atom. The zero-order valence-corrected chi connectivity index (χ0v) is 7.85. The Balaban J connectivity index is 5.50. The number of aliphatic carboxylic acids is 3. The molecule has 0 saturated carbocycles. The summed E-state index contributed by atoms with van der Waals surface area (Å²) in [5.41, 5.74) is -2.74. The summed E-state index contributed by atoms with van der Waals surface area (Å²) in [6, 6.07) is 0. The minimum Gasteiger partial charge on any atom is -0.480 e. The number of hydrogen-bond donors (Lipinski definition) is 3. The van der Waals surface area contributed by atoms with E-state index in [0.717, 1.165) is 0 Å². The highest BCUT2D eigenvalue weighted by molar-refractivity contribution is 6.16. The van der Waals surface area contributed by atoms with Crippen molar-refractivity contribution in [1.82, 2.24) is 0 Å². The summed E-state index contributed by atoms with van der Waals surface area (Å²) in [6.07, 6.45) is 0.158. The van der Waals surface area contributed by atoms with Gasteiger partial charge in [-0.25, -0.2) is 0 Å². The first-order valence-electron chi connectivity index (χ1n) is 4.01. The Labute approximate surface area is 80.2 Å². The molecule has 6 heteroatoms. The number of rotatable bonds is 5. The Morgan fingerprint density at radius 2 is 1.36 bits per heavy atom. The number of carbonyl (C=O) groups is 3. The van der Waals surface area contributed by atoms with E-state index in [9.17, 15) is 14.4 Å². The summed E-state index contributed by atoms with van der Waals surface area (Å²) < 4.78 is 0. The summed E-state index contributed by atoms with van der Waals surface area (Å²) in [6.45, 7) is 2.82. The van der Waals surface area contributed by atoms with E-state index in [2.05, 4.69) is 0 Å². The van der Waals surface area contributed by atoms with Crippen molar-refractivity contribution in [3.05, 3.63) is 0 Å². The number of carboxylic acids is 3. The van der Waals surface area contributed by atoms with Crippen LogP contribution in [0, 0.1) is 11.3 Å². The summed E-state index contributed by atoms with van der Waals surface area (Å²) in [5, 5.41) is 26.1. The zero-order valence-electron chi connectivity index (χ0n) is 7.85. The van der Waals surface area contributed by atoms with Gasteiger partial charge in [0, 0.05) is 0 Å². The Kier molecular flexibility index (Phi) is 3.62. The largest absolute Gasteiger partial charge is 0.480 e. The van der Waals surface area contributed by atoms with Crippen LogP contribution in [0.1, 0.15) is 20.3 Å². The van der Waals surface area contributed by atoms with E-state index in [1.54, 1.807) is 0 Å². The molecule has 0 aliphatic heterocycles. The van der Waals surface area contributed by atoms with Crippen molar-refractivity contribution >= 4 is 17.9 Å². The average Bonchev–Trinajstić information content (AvgIpc) is 2.02. The fourth-order valence-electron chi connectivity index (χ4n) is 1.21. The molecular weight excluding hydrogens is 192 g/mol. The van der Waals surface area contributed by atoms with E-state index in [1.807, 2.05) is 0 Å². The molecule has 1 unspecified atom stereocenters. The quantitative estimate of drug-likeness (QED) is 0.554. The van der Waals surface area contributed by atoms with Crippen molar-refractivity contribution < 1.29 is 29.7 Å². The van der Waals surface area contributed by atoms with Crippen LogP contribution in [0.4, 0.5) is 0 Å². The van der Waals surface area contributed by atoms with Crippen molar-refractivity contribution in [2.24, 2.45) is 11.3 Å². The molecule has 0 heterocycles. The fraction of sp³-hybridized carbons (Fsp3) is 0.625. The van der Waals surface area contributed by atoms with Crippen molar-refractivity contribution in [2.45, 2.75) is 20.3 Å². The van der Waals surface area contributed by atoms with Gasteiger partial charge in [-0.2, -0.15) is 0 Å². The topological polar surface area (TPSA) is 112 Å². The molecule has 0 saturated heterocycles. The smallest absolute Gasteiger partial charge is 0.333 e. The van der Waals surface area contributed by atoms with E-state index in [1.165, 1.54) is 13.8 Å². The van der Waals surface area contributed by atoms with Gasteiger partial charge in [0.15, 0.2) is 0 Å². The van der Waals surface area contributed by atoms with E-state index >= 15 is 0 Å². The number of hydrogen-bond acceptors (Lipinski definition) is 3. The van der Waals surface area contributed by atoms with E-state index in [-0.39, 0.29) is 6.42 Å². The molecule has 0 aliphatic rings. The lowest BCUT2D eigenvalue weighted by molar-refractivity contribution is -0.180. The van der Waals surface area contributed by atoms with E-state index in [0.29, 0.717) is 0 Å². The number of carboxylic acid groups (broad SMARTS) is 3. The first kappa shape index (κ1) is 12.4. The third-order valence-corrected chi connectivity index (χ3v) is 2.36. The molecule has 0 rings (SSSR count). The molecule has 1 atom stereocenters. The van der Waals surface area contributed by atoms with Crippen molar-refractivity contribution in [2.75, 3.05) is 0 Å². The molecule has 0 radical (unpaired) electrons. The second-order valence-electron chi connectivity index (χ2n) is 3.03. The third kappa shape index (κ3) is 1.55. The molecule has 0 aromatic carbocycles. The summed E-state index contributed by atoms with van der Waals surface area (Å²) in [7, 11) is 0. The van der Waals surface area contributed by atoms with Crippen LogP contribution in [0.2, 0.25) is 0 Å². The third-order valence-electron chi connectivity index (χ3n) is 2.36. The lowest BCUT2D eigenvalue weighted by atomic mass is 9.75. The standard InChI is InChI=1S/C8H12O6/c1-3-4(2)8(5(9)10,6(11)12)7(13)14/h4H,3H2,1-2H3,(H,9,10)(H,11,12)(H,13,14). The van der Waals surface area contributed by atoms with Gasteiger partial charge in [-0.05, 0) is 5.92 Å². The van der Waals surface area contributed by atoms with Gasteiger partial charge in [0.1, 0.15) is 0 Å². The van der Waals surface area contributed by atoms with Crippen LogP contribution in [0.3, 0.4) is 0 Å². The maximum absolute atomic E-state index is 10.7. The SMILES string of the molecule is CCC(C)C(C(=O)O)(C(=O)O)C(=O)O. The normalized spacial score (nSPS) is 13.3. The van der Waals surface area contributed by atoms with Gasteiger partial charge < -0.3 is 15.3 Å². The Morgan fingerprint density at radius 1 is 1.07 bits per heavy atom. The van der Waals surface area contributed by atoms with Crippen LogP contribution in [0.5, 0.6) is 0 Å². The molecule has 80 valence electrons. The lowest BCUT2D eigenvalue weighted by Gasteiger charge is -2.25. The van der Waals surface area contributed by atoms with Crippen LogP contribution in [-0.2, 0) is 14.4 Å². The molecule has 0 aromatic rings. The average molecular weight is 204 g/mol. The van der Waals surface area contributed by atoms with Crippen LogP contribution in [-0.4, -0.2) is 33.2 Å². The monoisotopic (exact) mass is 204 g/mol. The van der Waals surface area contributed by atoms with Crippen molar-refractivity contribution in [3.63, 3.8) is 0 Å². The summed E-state index contributed by atoms with van der Waals surface area (Å²) in [4.78, 5) is 32.2. The maximum Gasteiger partial charge on any atom is 0.333 e. The predicted octanol–water partition coefficient (Wildman–Crippen LogP) is 0.273. The van der Waals surface area contributed by atoms with Gasteiger partial charge in [-0.1, -0.05) is 20.3 Å². The predicted molar refractivity (Wildman–Crippen MR) is 44.8 cm³/mol. The molecule has 3 N–H and O–H groups in total. The van der Waals surface area contributed by atoms with Crippen LogP contribution in [0.25, 0.3) is 0 Å².